The van der Waals surface area contributed by atoms with Crippen molar-refractivity contribution >= 4 is 55.0 Å². The van der Waals surface area contributed by atoms with Crippen molar-refractivity contribution in [1.29, 1.82) is 0 Å². The SMILES string of the molecule is C[C@H](NC(=O)N[C@@H](Cc1c[nH]c2ccccc12)C(=O)OC(C)(C)C)C(=O)N[C@H](C(=O)N/C=C1/C[C@@H](O[Si](C)(C)C(C)(C)C)[C@H](n2ccc(=O)[nH]c2=O)O1)[C@H](C)N(C)C(=O)[C@H](C)NC(=O)OC(C)(C)C. The number of aromatic nitrogens is 3. The number of benzene rings is 1. The lowest BCUT2D eigenvalue weighted by Gasteiger charge is -2.39. The van der Waals surface area contributed by atoms with Crippen LogP contribution in [0.1, 0.15) is 101 Å². The van der Waals surface area contributed by atoms with Crippen molar-refractivity contribution in [2.24, 2.45) is 0 Å². The topological polar surface area (TPSA) is 273 Å². The van der Waals surface area contributed by atoms with E-state index in [1.165, 1.54) is 55.7 Å². The smallest absolute Gasteiger partial charge is 0.408 e. The number of para-hydroxylation sites is 1. The Morgan fingerprint density at radius 1 is 0.870 bits per heavy atom. The lowest BCUT2D eigenvalue weighted by molar-refractivity contribution is -0.157. The van der Waals surface area contributed by atoms with E-state index in [0.717, 1.165) is 16.5 Å². The second-order valence-electron chi connectivity index (χ2n) is 20.8. The summed E-state index contributed by atoms with van der Waals surface area (Å²) in [5.74, 6) is -2.79. The van der Waals surface area contributed by atoms with Gasteiger partial charge in [-0.05, 0) is 92.1 Å². The molecule has 1 aliphatic rings. The Morgan fingerprint density at radius 2 is 1.51 bits per heavy atom. The number of hydrogen-bond acceptors (Lipinski definition) is 12. The molecule has 1 fully saturated rings. The minimum Gasteiger partial charge on any atom is -0.470 e. The quantitative estimate of drug-likeness (QED) is 0.0788. The summed E-state index contributed by atoms with van der Waals surface area (Å²) in [6.07, 6.45) is 1.86. The first-order valence-electron chi connectivity index (χ1n) is 22.8. The third kappa shape index (κ3) is 15.3. The summed E-state index contributed by atoms with van der Waals surface area (Å²) in [5.41, 5.74) is -1.49. The summed E-state index contributed by atoms with van der Waals surface area (Å²) in [5, 5.41) is 13.6. The zero-order valence-corrected chi connectivity index (χ0v) is 43.4. The number of urea groups is 1. The van der Waals surface area contributed by atoms with Crippen molar-refractivity contribution < 1.29 is 47.4 Å². The number of nitrogens with zero attached hydrogens (tertiary/aromatic N) is 2. The molecule has 0 bridgehead atoms. The second-order valence-corrected chi connectivity index (χ2v) is 25.6. The van der Waals surface area contributed by atoms with Crippen LogP contribution in [0.2, 0.25) is 18.1 Å². The fourth-order valence-corrected chi connectivity index (χ4v) is 8.25. The highest BCUT2D eigenvalue weighted by Crippen LogP contribution is 2.42. The monoisotopic (exact) mass is 981 g/mol. The summed E-state index contributed by atoms with van der Waals surface area (Å²) in [6, 6.07) is 1.56. The molecular formula is C47H71N9O12Si. The summed E-state index contributed by atoms with van der Waals surface area (Å²) in [6.45, 7) is 24.6. The first-order chi connectivity index (χ1) is 31.8. The minimum absolute atomic E-state index is 0.0545. The highest BCUT2D eigenvalue weighted by atomic mass is 28.4. The molecule has 3 heterocycles. The zero-order chi connectivity index (χ0) is 52.0. The largest absolute Gasteiger partial charge is 0.470 e. The van der Waals surface area contributed by atoms with E-state index in [4.69, 9.17) is 18.6 Å². The Morgan fingerprint density at radius 3 is 2.12 bits per heavy atom. The Bertz CT molecular complexity index is 2510. The molecule has 0 unspecified atom stereocenters. The molecule has 6 amide bonds. The van der Waals surface area contributed by atoms with Gasteiger partial charge in [-0.15, -0.1) is 0 Å². The number of hydrogen-bond donors (Lipinski definition) is 7. The molecule has 69 heavy (non-hydrogen) atoms. The van der Waals surface area contributed by atoms with Gasteiger partial charge in [0.05, 0.1) is 6.04 Å². The average molecular weight is 982 g/mol. The predicted molar refractivity (Wildman–Crippen MR) is 260 cm³/mol. The molecule has 0 aliphatic carbocycles. The Labute approximate surface area is 403 Å². The molecule has 3 aromatic rings. The number of rotatable bonds is 16. The van der Waals surface area contributed by atoms with Crippen molar-refractivity contribution in [1.82, 2.24) is 46.0 Å². The maximum Gasteiger partial charge on any atom is 0.408 e. The van der Waals surface area contributed by atoms with E-state index in [1.807, 2.05) is 37.4 Å². The molecule has 4 rings (SSSR count). The van der Waals surface area contributed by atoms with Crippen molar-refractivity contribution in [2.75, 3.05) is 7.05 Å². The first kappa shape index (κ1) is 55.2. The molecule has 22 heteroatoms. The van der Waals surface area contributed by atoms with E-state index >= 15 is 0 Å². The number of amides is 6. The van der Waals surface area contributed by atoms with Crippen molar-refractivity contribution in [3.05, 3.63) is 81.1 Å². The van der Waals surface area contributed by atoms with Crippen LogP contribution in [-0.2, 0) is 44.2 Å². The van der Waals surface area contributed by atoms with Crippen molar-refractivity contribution in [3.63, 3.8) is 0 Å². The number of nitrogens with one attached hydrogen (secondary N) is 7. The third-order valence-corrected chi connectivity index (χ3v) is 16.2. The molecule has 0 saturated carbocycles. The highest BCUT2D eigenvalue weighted by Gasteiger charge is 2.45. The first-order valence-corrected chi connectivity index (χ1v) is 25.7. The standard InChI is InChI=1S/C47H71N9O12Si/c1-26(50-42(62)52-33(41(61)66-45(4,5)6)22-29-24-48-32-19-17-16-18-31(29)32)37(58)54-36(28(3)55(13)39(60)27(2)51-44(64)67-46(7,8)9)38(59)49-25-30-23-34(68-69(14,15)47(10,11)12)40(65-30)56-21-20-35(57)53-43(56)63/h16-21,24-28,33-34,36,40,48H,22-23H2,1-15H3,(H,49,59)(H,51,64)(H,54,58)(H2,50,52,62)(H,53,57,63)/b30-25-/t26-,27-,28-,33-,34+,36-,40+/m0/s1. The number of ether oxygens (including phenoxy) is 3. The number of esters is 1. The number of aromatic amines is 2. The molecular weight excluding hydrogens is 911 g/mol. The van der Waals surface area contributed by atoms with E-state index in [2.05, 4.69) is 57.3 Å². The Balaban J connectivity index is 1.59. The summed E-state index contributed by atoms with van der Waals surface area (Å²) < 4.78 is 25.0. The third-order valence-electron chi connectivity index (χ3n) is 11.7. The van der Waals surface area contributed by atoms with Gasteiger partial charge in [-0.2, -0.15) is 0 Å². The number of H-pyrrole nitrogens is 2. The molecule has 1 aliphatic heterocycles. The molecule has 1 aromatic carbocycles. The van der Waals surface area contributed by atoms with Gasteiger partial charge in [0.2, 0.25) is 23.9 Å². The van der Waals surface area contributed by atoms with E-state index < -0.39 is 109 Å². The van der Waals surface area contributed by atoms with Gasteiger partial charge in [0.1, 0.15) is 47.2 Å². The molecule has 0 radical (unpaired) electrons. The molecule has 1 saturated heterocycles. The lowest BCUT2D eigenvalue weighted by atomic mass is 10.0. The van der Waals surface area contributed by atoms with Crippen LogP contribution in [0.4, 0.5) is 9.59 Å². The predicted octanol–water partition coefficient (Wildman–Crippen LogP) is 4.17. The summed E-state index contributed by atoms with van der Waals surface area (Å²) in [4.78, 5) is 113. The molecule has 0 spiro atoms. The summed E-state index contributed by atoms with van der Waals surface area (Å²) >= 11 is 0. The molecule has 21 nitrogen and oxygen atoms in total. The van der Waals surface area contributed by atoms with Gasteiger partial charge >= 0.3 is 23.8 Å². The van der Waals surface area contributed by atoms with Crippen LogP contribution in [0.15, 0.2) is 64.3 Å². The highest BCUT2D eigenvalue weighted by molar-refractivity contribution is 6.74. The van der Waals surface area contributed by atoms with Crippen LogP contribution in [0, 0.1) is 0 Å². The molecule has 380 valence electrons. The van der Waals surface area contributed by atoms with Gasteiger partial charge in [-0.25, -0.2) is 19.2 Å². The maximum atomic E-state index is 14.3. The molecule has 2 aromatic heterocycles. The van der Waals surface area contributed by atoms with E-state index in [1.54, 1.807) is 47.7 Å². The van der Waals surface area contributed by atoms with Gasteiger partial charge in [0.25, 0.3) is 5.56 Å². The maximum absolute atomic E-state index is 14.3. The van der Waals surface area contributed by atoms with Crippen LogP contribution in [0.25, 0.3) is 10.9 Å². The lowest BCUT2D eigenvalue weighted by Crippen LogP contribution is -2.62. The van der Waals surface area contributed by atoms with Gasteiger partial charge in [0, 0.05) is 55.5 Å². The van der Waals surface area contributed by atoms with E-state index in [-0.39, 0.29) is 23.6 Å². The van der Waals surface area contributed by atoms with E-state index in [0.29, 0.717) is 0 Å². The number of likely N-dealkylation sites (N-methyl/N-ethyl adjacent to an activating group) is 1. The van der Waals surface area contributed by atoms with Crippen molar-refractivity contribution in [2.45, 2.75) is 168 Å². The van der Waals surface area contributed by atoms with Crippen LogP contribution in [0.5, 0.6) is 0 Å². The normalized spacial score (nSPS) is 18.2. The van der Waals surface area contributed by atoms with Crippen LogP contribution in [-0.4, -0.2) is 118 Å². The van der Waals surface area contributed by atoms with Crippen molar-refractivity contribution in [3.8, 4) is 0 Å². The minimum atomic E-state index is -2.49. The number of alkyl carbamates (subject to hydrolysis) is 1. The fraction of sp³-hybridized carbons (Fsp3) is 0.574. The fourth-order valence-electron chi connectivity index (χ4n) is 6.94. The van der Waals surface area contributed by atoms with Gasteiger partial charge in [0.15, 0.2) is 8.32 Å². The van der Waals surface area contributed by atoms with Gasteiger partial charge in [-0.3, -0.25) is 28.7 Å². The molecule has 7 atom stereocenters. The van der Waals surface area contributed by atoms with Gasteiger partial charge in [-0.1, -0.05) is 39.0 Å². The van der Waals surface area contributed by atoms with Crippen LogP contribution >= 0.6 is 0 Å². The number of carbonyl (C=O) groups excluding carboxylic acids is 6. The van der Waals surface area contributed by atoms with E-state index in [9.17, 15) is 38.4 Å². The average Bonchev–Trinajstić information content (AvgIpc) is 3.81. The number of carbonyl (C=O) groups is 6. The number of fused-ring (bicyclic) bond motifs is 1. The zero-order valence-electron chi connectivity index (χ0n) is 42.4. The second kappa shape index (κ2) is 21.9. The Kier molecular flexibility index (Phi) is 17.5. The summed E-state index contributed by atoms with van der Waals surface area (Å²) in [7, 11) is -1.10. The van der Waals surface area contributed by atoms with Crippen LogP contribution in [0.3, 0.4) is 0 Å². The Hall–Kier alpha value is -6.42. The van der Waals surface area contributed by atoms with Gasteiger partial charge < -0.3 is 55.1 Å². The molecule has 7 N–H and O–H groups in total. The van der Waals surface area contributed by atoms with Crippen LogP contribution < -0.4 is 37.8 Å².